The summed E-state index contributed by atoms with van der Waals surface area (Å²) < 4.78 is 14.0. The second-order valence-corrected chi connectivity index (χ2v) is 7.60. The zero-order valence-electron chi connectivity index (χ0n) is 16.5. The van der Waals surface area contributed by atoms with Crippen LogP contribution in [-0.2, 0) is 13.1 Å². The third kappa shape index (κ3) is 6.18. The van der Waals surface area contributed by atoms with Crippen LogP contribution in [0.15, 0.2) is 47.5 Å². The van der Waals surface area contributed by atoms with Crippen LogP contribution < -0.4 is 10.6 Å². The first kappa shape index (κ1) is 21.1. The standard InChI is InChI=1S/C22H25ClFN5/c1-26-22(27-14-18-5-2-17(13-25)12-21(18)24)28-20-8-10-29(11-9-20)15-16-3-6-19(23)7-4-16/h2-7,12,20H,8-11,14-15H2,1H3,(H2,26,27,28). The van der Waals surface area contributed by atoms with E-state index in [1.165, 1.54) is 11.6 Å². The van der Waals surface area contributed by atoms with E-state index < -0.39 is 0 Å². The normalized spacial score (nSPS) is 15.7. The molecule has 0 amide bonds. The molecule has 5 nitrogen and oxygen atoms in total. The van der Waals surface area contributed by atoms with Crippen molar-refractivity contribution < 1.29 is 4.39 Å². The number of hydrogen-bond donors (Lipinski definition) is 2. The molecule has 2 aromatic carbocycles. The Morgan fingerprint density at radius 2 is 1.97 bits per heavy atom. The van der Waals surface area contributed by atoms with Crippen molar-refractivity contribution in [2.75, 3.05) is 20.1 Å². The number of nitrogens with zero attached hydrogens (tertiary/aromatic N) is 3. The van der Waals surface area contributed by atoms with E-state index in [-0.39, 0.29) is 5.82 Å². The number of nitriles is 1. The average molecular weight is 414 g/mol. The molecular formula is C22H25ClFN5. The highest BCUT2D eigenvalue weighted by Gasteiger charge is 2.20. The highest BCUT2D eigenvalue weighted by molar-refractivity contribution is 6.30. The van der Waals surface area contributed by atoms with Gasteiger partial charge in [-0.15, -0.1) is 0 Å². The second kappa shape index (κ2) is 10.2. The third-order valence-corrected chi connectivity index (χ3v) is 5.35. The van der Waals surface area contributed by atoms with Crippen LogP contribution in [0.4, 0.5) is 4.39 Å². The molecule has 0 saturated carbocycles. The molecule has 0 radical (unpaired) electrons. The van der Waals surface area contributed by atoms with Gasteiger partial charge in [0.1, 0.15) is 5.82 Å². The number of benzene rings is 2. The summed E-state index contributed by atoms with van der Waals surface area (Å²) in [6, 6.07) is 14.8. The minimum atomic E-state index is -0.387. The first-order chi connectivity index (χ1) is 14.1. The molecular weight excluding hydrogens is 389 g/mol. The molecule has 1 aliphatic heterocycles. The number of rotatable bonds is 5. The molecule has 3 rings (SSSR count). The molecule has 7 heteroatoms. The minimum Gasteiger partial charge on any atom is -0.354 e. The summed E-state index contributed by atoms with van der Waals surface area (Å²) in [4.78, 5) is 6.68. The van der Waals surface area contributed by atoms with Gasteiger partial charge >= 0.3 is 0 Å². The molecule has 0 atom stereocenters. The third-order valence-electron chi connectivity index (χ3n) is 5.10. The fraction of sp³-hybridized carbons (Fsp3) is 0.364. The highest BCUT2D eigenvalue weighted by Crippen LogP contribution is 2.16. The van der Waals surface area contributed by atoms with Gasteiger partial charge in [0, 0.05) is 49.9 Å². The molecule has 0 unspecified atom stereocenters. The molecule has 0 aliphatic carbocycles. The Morgan fingerprint density at radius 3 is 2.59 bits per heavy atom. The van der Waals surface area contributed by atoms with Gasteiger partial charge in [0.05, 0.1) is 11.6 Å². The lowest BCUT2D eigenvalue weighted by Crippen LogP contribution is -2.48. The maximum atomic E-state index is 14.0. The van der Waals surface area contributed by atoms with Crippen molar-refractivity contribution >= 4 is 17.6 Å². The molecule has 1 saturated heterocycles. The van der Waals surface area contributed by atoms with Crippen LogP contribution >= 0.6 is 11.6 Å². The Kier molecular flexibility index (Phi) is 7.45. The first-order valence-corrected chi connectivity index (χ1v) is 10.1. The van der Waals surface area contributed by atoms with Gasteiger partial charge in [0.2, 0.25) is 0 Å². The van der Waals surface area contributed by atoms with Crippen molar-refractivity contribution in [1.29, 1.82) is 5.26 Å². The van der Waals surface area contributed by atoms with Crippen LogP contribution in [0.5, 0.6) is 0 Å². The minimum absolute atomic E-state index is 0.312. The van der Waals surface area contributed by atoms with Crippen LogP contribution in [-0.4, -0.2) is 37.0 Å². The van der Waals surface area contributed by atoms with E-state index in [0.717, 1.165) is 37.5 Å². The van der Waals surface area contributed by atoms with Crippen LogP contribution in [0.3, 0.4) is 0 Å². The van der Waals surface area contributed by atoms with E-state index >= 15 is 0 Å². The van der Waals surface area contributed by atoms with Gasteiger partial charge in [-0.05, 0) is 42.7 Å². The zero-order chi connectivity index (χ0) is 20.6. The quantitative estimate of drug-likeness (QED) is 0.579. The van der Waals surface area contributed by atoms with E-state index in [1.807, 2.05) is 18.2 Å². The lowest BCUT2D eigenvalue weighted by Gasteiger charge is -2.33. The van der Waals surface area contributed by atoms with Gasteiger partial charge in [0.25, 0.3) is 0 Å². The number of hydrogen-bond acceptors (Lipinski definition) is 3. The number of nitrogens with one attached hydrogen (secondary N) is 2. The Labute approximate surface area is 176 Å². The van der Waals surface area contributed by atoms with Crippen molar-refractivity contribution in [3.63, 3.8) is 0 Å². The average Bonchev–Trinajstić information content (AvgIpc) is 2.74. The lowest BCUT2D eigenvalue weighted by molar-refractivity contribution is 0.198. The maximum absolute atomic E-state index is 14.0. The molecule has 1 heterocycles. The Hall–Kier alpha value is -2.62. The molecule has 0 bridgehead atoms. The summed E-state index contributed by atoms with van der Waals surface area (Å²) in [6.45, 7) is 3.24. The van der Waals surface area contributed by atoms with Crippen molar-refractivity contribution in [2.45, 2.75) is 32.0 Å². The predicted molar refractivity (Wildman–Crippen MR) is 114 cm³/mol. The van der Waals surface area contributed by atoms with E-state index in [1.54, 1.807) is 19.2 Å². The monoisotopic (exact) mass is 413 g/mol. The lowest BCUT2D eigenvalue weighted by atomic mass is 10.0. The van der Waals surface area contributed by atoms with E-state index in [9.17, 15) is 4.39 Å². The SMILES string of the molecule is CN=C(NCc1ccc(C#N)cc1F)NC1CCN(Cc2ccc(Cl)cc2)CC1. The smallest absolute Gasteiger partial charge is 0.191 e. The van der Waals surface area contributed by atoms with Crippen molar-refractivity contribution in [1.82, 2.24) is 15.5 Å². The molecule has 0 spiro atoms. The zero-order valence-corrected chi connectivity index (χ0v) is 17.2. The molecule has 152 valence electrons. The summed E-state index contributed by atoms with van der Waals surface area (Å²) >= 11 is 5.95. The van der Waals surface area contributed by atoms with Gasteiger partial charge in [-0.1, -0.05) is 29.8 Å². The molecule has 2 N–H and O–H groups in total. The molecule has 0 aromatic heterocycles. The van der Waals surface area contributed by atoms with Crippen LogP contribution in [0, 0.1) is 17.1 Å². The summed E-state index contributed by atoms with van der Waals surface area (Å²) in [6.07, 6.45) is 2.03. The predicted octanol–water partition coefficient (Wildman–Crippen LogP) is 3.68. The summed E-state index contributed by atoms with van der Waals surface area (Å²) in [7, 11) is 1.71. The summed E-state index contributed by atoms with van der Waals surface area (Å²) in [5.41, 5.74) is 2.09. The molecule has 1 aliphatic rings. The highest BCUT2D eigenvalue weighted by atomic mass is 35.5. The van der Waals surface area contributed by atoms with Crippen molar-refractivity contribution in [2.24, 2.45) is 4.99 Å². The van der Waals surface area contributed by atoms with Gasteiger partial charge in [0.15, 0.2) is 5.96 Å². The largest absolute Gasteiger partial charge is 0.354 e. The Morgan fingerprint density at radius 1 is 1.24 bits per heavy atom. The topological polar surface area (TPSA) is 63.5 Å². The fourth-order valence-electron chi connectivity index (χ4n) is 3.41. The van der Waals surface area contributed by atoms with Gasteiger partial charge in [-0.3, -0.25) is 9.89 Å². The van der Waals surface area contributed by atoms with Crippen LogP contribution in [0.2, 0.25) is 5.02 Å². The molecule has 29 heavy (non-hydrogen) atoms. The van der Waals surface area contributed by atoms with Crippen molar-refractivity contribution in [3.8, 4) is 6.07 Å². The number of aliphatic imine (C=N–C) groups is 1. The van der Waals surface area contributed by atoms with Gasteiger partial charge in [-0.25, -0.2) is 4.39 Å². The van der Waals surface area contributed by atoms with Gasteiger partial charge < -0.3 is 10.6 Å². The van der Waals surface area contributed by atoms with Crippen LogP contribution in [0.25, 0.3) is 0 Å². The number of halogens is 2. The molecule has 2 aromatic rings. The maximum Gasteiger partial charge on any atom is 0.191 e. The Bertz CT molecular complexity index is 883. The first-order valence-electron chi connectivity index (χ1n) is 9.70. The molecule has 1 fully saturated rings. The summed E-state index contributed by atoms with van der Waals surface area (Å²) in [5.74, 6) is 0.271. The Balaban J connectivity index is 1.45. The van der Waals surface area contributed by atoms with E-state index in [2.05, 4.69) is 32.7 Å². The fourth-order valence-corrected chi connectivity index (χ4v) is 3.54. The second-order valence-electron chi connectivity index (χ2n) is 7.16. The van der Waals surface area contributed by atoms with Crippen LogP contribution in [0.1, 0.15) is 29.5 Å². The van der Waals surface area contributed by atoms with Gasteiger partial charge in [-0.2, -0.15) is 5.26 Å². The number of guanidine groups is 1. The van der Waals surface area contributed by atoms with Crippen molar-refractivity contribution in [3.05, 3.63) is 70.0 Å². The number of piperidine rings is 1. The van der Waals surface area contributed by atoms with E-state index in [4.69, 9.17) is 16.9 Å². The van der Waals surface area contributed by atoms with E-state index in [0.29, 0.717) is 29.7 Å². The summed E-state index contributed by atoms with van der Waals surface area (Å²) in [5, 5.41) is 16.2. The number of likely N-dealkylation sites (tertiary alicyclic amines) is 1.